The number of hydrogen-bond donors (Lipinski definition) is 1. The second-order valence-electron chi connectivity index (χ2n) is 3.15. The fourth-order valence-corrected chi connectivity index (χ4v) is 2.55. The van der Waals surface area contributed by atoms with Crippen LogP contribution in [-0.4, -0.2) is 36.8 Å². The average molecular weight is 199 g/mol. The Kier molecular flexibility index (Phi) is 5.29. The van der Waals surface area contributed by atoms with Crippen LogP contribution in [0, 0.1) is 12.3 Å². The van der Waals surface area contributed by atoms with Crippen LogP contribution >= 0.6 is 11.8 Å². The van der Waals surface area contributed by atoms with Gasteiger partial charge in [-0.3, -0.25) is 0 Å². The molecule has 0 radical (unpaired) electrons. The highest BCUT2D eigenvalue weighted by atomic mass is 32.2. The smallest absolute Gasteiger partial charge is 0.0666 e. The van der Waals surface area contributed by atoms with Crippen molar-refractivity contribution >= 4 is 11.8 Å². The Morgan fingerprint density at radius 1 is 1.69 bits per heavy atom. The van der Waals surface area contributed by atoms with Gasteiger partial charge < -0.3 is 10.1 Å². The molecule has 0 saturated carbocycles. The Morgan fingerprint density at radius 2 is 2.54 bits per heavy atom. The van der Waals surface area contributed by atoms with E-state index in [2.05, 4.69) is 18.2 Å². The van der Waals surface area contributed by atoms with Gasteiger partial charge in [-0.25, -0.2) is 0 Å². The van der Waals surface area contributed by atoms with Crippen molar-refractivity contribution in [3.05, 3.63) is 0 Å². The Hall–Kier alpha value is -0.170. The predicted molar refractivity (Wildman–Crippen MR) is 58.0 cm³/mol. The van der Waals surface area contributed by atoms with Crippen LogP contribution in [0.5, 0.6) is 0 Å². The monoisotopic (exact) mass is 199 g/mol. The van der Waals surface area contributed by atoms with Crippen LogP contribution in [0.4, 0.5) is 0 Å². The van der Waals surface area contributed by atoms with Crippen molar-refractivity contribution in [3.8, 4) is 12.3 Å². The van der Waals surface area contributed by atoms with Gasteiger partial charge in [0.15, 0.2) is 0 Å². The maximum absolute atomic E-state index is 5.47. The fourth-order valence-electron chi connectivity index (χ4n) is 1.37. The third kappa shape index (κ3) is 4.04. The van der Waals surface area contributed by atoms with E-state index in [-0.39, 0.29) is 0 Å². The standard InChI is InChI=1S/C10H17NOS/c1-3-5-11-6-8-13-10-4-7-12-9(10)2/h1,9-11H,4-8H2,2H3. The fraction of sp³-hybridized carbons (Fsp3) is 0.800. The normalized spacial score (nSPS) is 27.4. The van der Waals surface area contributed by atoms with Crippen molar-refractivity contribution in [3.63, 3.8) is 0 Å². The van der Waals surface area contributed by atoms with Crippen molar-refractivity contribution < 1.29 is 4.74 Å². The molecule has 2 nitrogen and oxygen atoms in total. The zero-order valence-electron chi connectivity index (χ0n) is 8.08. The molecule has 0 bridgehead atoms. The molecule has 13 heavy (non-hydrogen) atoms. The van der Waals surface area contributed by atoms with Crippen LogP contribution in [0.2, 0.25) is 0 Å². The van der Waals surface area contributed by atoms with E-state index in [1.54, 1.807) is 0 Å². The van der Waals surface area contributed by atoms with Crippen LogP contribution in [-0.2, 0) is 4.74 Å². The second kappa shape index (κ2) is 6.31. The summed E-state index contributed by atoms with van der Waals surface area (Å²) in [4.78, 5) is 0. The number of rotatable bonds is 5. The topological polar surface area (TPSA) is 21.3 Å². The van der Waals surface area contributed by atoms with Gasteiger partial charge in [0.2, 0.25) is 0 Å². The van der Waals surface area contributed by atoms with E-state index in [4.69, 9.17) is 11.2 Å². The summed E-state index contributed by atoms with van der Waals surface area (Å²) in [7, 11) is 0. The van der Waals surface area contributed by atoms with Crippen LogP contribution in [0.1, 0.15) is 13.3 Å². The highest BCUT2D eigenvalue weighted by molar-refractivity contribution is 8.00. The van der Waals surface area contributed by atoms with Crippen molar-refractivity contribution in [2.45, 2.75) is 24.7 Å². The molecule has 0 amide bonds. The maximum atomic E-state index is 5.47. The molecule has 2 unspecified atom stereocenters. The van der Waals surface area contributed by atoms with Crippen molar-refractivity contribution in [2.75, 3.05) is 25.4 Å². The highest BCUT2D eigenvalue weighted by Crippen LogP contribution is 2.25. The average Bonchev–Trinajstić information content (AvgIpc) is 2.52. The highest BCUT2D eigenvalue weighted by Gasteiger charge is 2.23. The number of thioether (sulfide) groups is 1. The molecule has 0 aromatic rings. The van der Waals surface area contributed by atoms with Gasteiger partial charge in [-0.1, -0.05) is 5.92 Å². The molecule has 0 aromatic carbocycles. The molecule has 1 heterocycles. The molecule has 1 rings (SSSR count). The van der Waals surface area contributed by atoms with Gasteiger partial charge in [-0.2, -0.15) is 11.8 Å². The van der Waals surface area contributed by atoms with Gasteiger partial charge in [0.1, 0.15) is 0 Å². The second-order valence-corrected chi connectivity index (χ2v) is 4.50. The van der Waals surface area contributed by atoms with Crippen molar-refractivity contribution in [1.29, 1.82) is 0 Å². The van der Waals surface area contributed by atoms with Crippen LogP contribution < -0.4 is 5.32 Å². The Balaban J connectivity index is 1.96. The summed E-state index contributed by atoms with van der Waals surface area (Å²) in [5.41, 5.74) is 0. The minimum atomic E-state index is 0.428. The van der Waals surface area contributed by atoms with Gasteiger partial charge >= 0.3 is 0 Å². The zero-order chi connectivity index (χ0) is 9.52. The maximum Gasteiger partial charge on any atom is 0.0666 e. The van der Waals surface area contributed by atoms with Gasteiger partial charge in [0, 0.05) is 24.2 Å². The summed E-state index contributed by atoms with van der Waals surface area (Å²) in [6.07, 6.45) is 6.74. The summed E-state index contributed by atoms with van der Waals surface area (Å²) in [5, 5.41) is 3.86. The van der Waals surface area contributed by atoms with Crippen LogP contribution in [0.3, 0.4) is 0 Å². The first kappa shape index (κ1) is 10.9. The minimum absolute atomic E-state index is 0.428. The Labute approximate surface area is 84.8 Å². The van der Waals surface area contributed by atoms with Crippen LogP contribution in [0.25, 0.3) is 0 Å². The quantitative estimate of drug-likeness (QED) is 0.529. The molecule has 2 atom stereocenters. The molecule has 0 aromatic heterocycles. The van der Waals surface area contributed by atoms with E-state index >= 15 is 0 Å². The molecule has 74 valence electrons. The first-order chi connectivity index (χ1) is 6.34. The lowest BCUT2D eigenvalue weighted by molar-refractivity contribution is 0.127. The molecule has 1 aliphatic rings. The summed E-state index contributed by atoms with van der Waals surface area (Å²) >= 11 is 1.99. The van der Waals surface area contributed by atoms with Gasteiger partial charge in [0.25, 0.3) is 0 Å². The number of ether oxygens (including phenoxy) is 1. The lowest BCUT2D eigenvalue weighted by Crippen LogP contribution is -2.20. The molecule has 1 saturated heterocycles. The SMILES string of the molecule is C#CCNCCSC1CCOC1C. The third-order valence-electron chi connectivity index (χ3n) is 2.14. The van der Waals surface area contributed by atoms with Gasteiger partial charge in [-0.05, 0) is 13.3 Å². The molecular weight excluding hydrogens is 182 g/mol. The zero-order valence-corrected chi connectivity index (χ0v) is 8.90. The van der Waals surface area contributed by atoms with Gasteiger partial charge in [-0.15, -0.1) is 6.42 Å². The van der Waals surface area contributed by atoms with Crippen molar-refractivity contribution in [1.82, 2.24) is 5.32 Å². The summed E-state index contributed by atoms with van der Waals surface area (Å²) in [5.74, 6) is 3.68. The van der Waals surface area contributed by atoms with Crippen molar-refractivity contribution in [2.24, 2.45) is 0 Å². The molecule has 1 fully saturated rings. The third-order valence-corrected chi connectivity index (χ3v) is 3.63. The molecule has 1 N–H and O–H groups in total. The summed E-state index contributed by atoms with van der Waals surface area (Å²) < 4.78 is 5.47. The van der Waals surface area contributed by atoms with E-state index in [0.29, 0.717) is 17.9 Å². The number of nitrogens with one attached hydrogen (secondary N) is 1. The molecule has 1 aliphatic heterocycles. The first-order valence-electron chi connectivity index (χ1n) is 4.72. The Bertz CT molecular complexity index is 178. The van der Waals surface area contributed by atoms with E-state index in [1.165, 1.54) is 6.42 Å². The lowest BCUT2D eigenvalue weighted by Gasteiger charge is -2.12. The minimum Gasteiger partial charge on any atom is -0.377 e. The summed E-state index contributed by atoms with van der Waals surface area (Å²) in [6.45, 7) is 4.76. The van der Waals surface area contributed by atoms with E-state index < -0.39 is 0 Å². The van der Waals surface area contributed by atoms with Gasteiger partial charge in [0.05, 0.1) is 12.6 Å². The van der Waals surface area contributed by atoms with E-state index in [9.17, 15) is 0 Å². The molecule has 3 heteroatoms. The van der Waals surface area contributed by atoms with Crippen LogP contribution in [0.15, 0.2) is 0 Å². The Morgan fingerprint density at radius 3 is 3.15 bits per heavy atom. The molecular formula is C10H17NOS. The number of hydrogen-bond acceptors (Lipinski definition) is 3. The molecule has 0 aliphatic carbocycles. The number of terminal acetylenes is 1. The first-order valence-corrected chi connectivity index (χ1v) is 5.77. The lowest BCUT2D eigenvalue weighted by atomic mass is 10.3. The predicted octanol–water partition coefficient (Wildman–Crippen LogP) is 1.12. The van der Waals surface area contributed by atoms with E-state index in [0.717, 1.165) is 18.9 Å². The summed E-state index contributed by atoms with van der Waals surface area (Å²) in [6, 6.07) is 0. The largest absolute Gasteiger partial charge is 0.377 e. The van der Waals surface area contributed by atoms with E-state index in [1.807, 2.05) is 11.8 Å². The molecule has 0 spiro atoms.